The molecule has 1 unspecified atom stereocenters. The highest BCUT2D eigenvalue weighted by atomic mass is 79.9. The molecule has 0 spiro atoms. The van der Waals surface area contributed by atoms with Gasteiger partial charge in [0.05, 0.1) is 12.7 Å². The second-order valence-electron chi connectivity index (χ2n) is 3.03. The molecule has 0 saturated carbocycles. The van der Waals surface area contributed by atoms with Gasteiger partial charge in [-0.15, -0.1) is 0 Å². The number of aliphatic hydroxyl groups excluding tert-OH is 1. The van der Waals surface area contributed by atoms with E-state index < -0.39 is 6.10 Å². The Bertz CT molecular complexity index is 281. The number of hydrogen-bond donors (Lipinski definition) is 1. The van der Waals surface area contributed by atoms with Crippen molar-refractivity contribution in [3.63, 3.8) is 0 Å². The number of rotatable bonds is 5. The molecule has 0 aliphatic rings. The van der Waals surface area contributed by atoms with Gasteiger partial charge < -0.3 is 9.84 Å². The van der Waals surface area contributed by atoms with Gasteiger partial charge in [-0.25, -0.2) is 0 Å². The van der Waals surface area contributed by atoms with Crippen LogP contribution in [0.1, 0.15) is 12.5 Å². The van der Waals surface area contributed by atoms with E-state index in [0.29, 0.717) is 19.6 Å². The summed E-state index contributed by atoms with van der Waals surface area (Å²) in [6.45, 7) is 2.92. The van der Waals surface area contributed by atoms with Gasteiger partial charge in [0.2, 0.25) is 0 Å². The first-order valence-electron chi connectivity index (χ1n) is 4.57. The monoisotopic (exact) mass is 259 g/mol. The van der Waals surface area contributed by atoms with Crippen molar-refractivity contribution >= 4 is 15.9 Å². The van der Waals surface area contributed by atoms with E-state index >= 15 is 0 Å². The topological polar surface area (TPSA) is 42.4 Å². The van der Waals surface area contributed by atoms with Crippen molar-refractivity contribution in [2.24, 2.45) is 0 Å². The first kappa shape index (κ1) is 11.6. The highest BCUT2D eigenvalue weighted by Gasteiger charge is 2.05. The maximum absolute atomic E-state index is 9.56. The largest absolute Gasteiger partial charge is 0.390 e. The molecule has 3 nitrogen and oxygen atoms in total. The molecule has 0 aliphatic carbocycles. The van der Waals surface area contributed by atoms with Crippen molar-refractivity contribution in [1.29, 1.82) is 0 Å². The molecule has 1 aromatic heterocycles. The molecule has 0 bridgehead atoms. The van der Waals surface area contributed by atoms with Crippen LogP contribution in [0.15, 0.2) is 22.9 Å². The first-order valence-corrected chi connectivity index (χ1v) is 5.37. The Morgan fingerprint density at radius 1 is 1.57 bits per heavy atom. The molecule has 78 valence electrons. The second-order valence-corrected chi connectivity index (χ2v) is 3.94. The van der Waals surface area contributed by atoms with Gasteiger partial charge in [0, 0.05) is 29.9 Å². The molecule has 0 amide bonds. The van der Waals surface area contributed by atoms with Gasteiger partial charge in [0.1, 0.15) is 0 Å². The zero-order chi connectivity index (χ0) is 10.4. The predicted molar refractivity (Wildman–Crippen MR) is 58.1 cm³/mol. The molecule has 4 heteroatoms. The standard InChI is InChI=1S/C10H14BrNO2/c1-2-14-7-10(13)4-8-3-9(11)6-12-5-8/h3,5-6,10,13H,2,4,7H2,1H3. The molecule has 14 heavy (non-hydrogen) atoms. The predicted octanol–water partition coefficient (Wildman–Crippen LogP) is 1.78. The smallest absolute Gasteiger partial charge is 0.0814 e. The summed E-state index contributed by atoms with van der Waals surface area (Å²) in [7, 11) is 0. The van der Waals surface area contributed by atoms with Gasteiger partial charge in [-0.1, -0.05) is 0 Å². The highest BCUT2D eigenvalue weighted by molar-refractivity contribution is 9.10. The van der Waals surface area contributed by atoms with Crippen molar-refractivity contribution in [1.82, 2.24) is 4.98 Å². The fraction of sp³-hybridized carbons (Fsp3) is 0.500. The van der Waals surface area contributed by atoms with Gasteiger partial charge in [-0.2, -0.15) is 0 Å². The fourth-order valence-electron chi connectivity index (χ4n) is 1.15. The molecule has 1 aromatic rings. The van der Waals surface area contributed by atoms with Crippen LogP contribution >= 0.6 is 15.9 Å². The van der Waals surface area contributed by atoms with E-state index in [1.165, 1.54) is 0 Å². The lowest BCUT2D eigenvalue weighted by atomic mass is 10.1. The number of aromatic nitrogens is 1. The Morgan fingerprint density at radius 2 is 2.36 bits per heavy atom. The number of halogens is 1. The van der Waals surface area contributed by atoms with E-state index in [1.54, 1.807) is 12.4 Å². The van der Waals surface area contributed by atoms with Gasteiger partial charge in [-0.05, 0) is 34.5 Å². The summed E-state index contributed by atoms with van der Waals surface area (Å²) in [4.78, 5) is 4.02. The van der Waals surface area contributed by atoms with E-state index in [0.717, 1.165) is 10.0 Å². The van der Waals surface area contributed by atoms with Gasteiger partial charge in [-0.3, -0.25) is 4.98 Å². The van der Waals surface area contributed by atoms with Crippen molar-refractivity contribution in [3.8, 4) is 0 Å². The third-order valence-corrected chi connectivity index (χ3v) is 2.18. The molecule has 1 heterocycles. The average Bonchev–Trinajstić information content (AvgIpc) is 2.15. The Labute approximate surface area is 92.3 Å². The fourth-order valence-corrected chi connectivity index (χ4v) is 1.56. The van der Waals surface area contributed by atoms with Crippen LogP contribution in [0.2, 0.25) is 0 Å². The minimum atomic E-state index is -0.453. The summed E-state index contributed by atoms with van der Waals surface area (Å²) in [5.74, 6) is 0. The van der Waals surface area contributed by atoms with Crippen LogP contribution in [0.5, 0.6) is 0 Å². The third-order valence-electron chi connectivity index (χ3n) is 1.75. The number of ether oxygens (including phenoxy) is 1. The summed E-state index contributed by atoms with van der Waals surface area (Å²) in [6.07, 6.45) is 3.59. The van der Waals surface area contributed by atoms with Crippen LogP contribution < -0.4 is 0 Å². The van der Waals surface area contributed by atoms with Crippen molar-refractivity contribution in [3.05, 3.63) is 28.5 Å². The van der Waals surface area contributed by atoms with E-state index in [9.17, 15) is 5.11 Å². The third kappa shape index (κ3) is 4.17. The normalized spacial score (nSPS) is 12.8. The summed E-state index contributed by atoms with van der Waals surface area (Å²) in [5, 5.41) is 9.56. The van der Waals surface area contributed by atoms with E-state index in [-0.39, 0.29) is 0 Å². The molecular weight excluding hydrogens is 246 g/mol. The average molecular weight is 260 g/mol. The second kappa shape index (κ2) is 6.11. The molecule has 1 rings (SSSR count). The molecule has 1 N–H and O–H groups in total. The lowest BCUT2D eigenvalue weighted by Gasteiger charge is -2.09. The Kier molecular flexibility index (Phi) is 5.07. The number of pyridine rings is 1. The zero-order valence-corrected chi connectivity index (χ0v) is 9.70. The highest BCUT2D eigenvalue weighted by Crippen LogP contribution is 2.11. The van der Waals surface area contributed by atoms with Crippen LogP contribution in [0.3, 0.4) is 0 Å². The van der Waals surface area contributed by atoms with Crippen LogP contribution in [-0.2, 0) is 11.2 Å². The van der Waals surface area contributed by atoms with Crippen LogP contribution in [0, 0.1) is 0 Å². The Morgan fingerprint density at radius 3 is 3.00 bits per heavy atom. The van der Waals surface area contributed by atoms with Gasteiger partial charge in [0.15, 0.2) is 0 Å². The minimum Gasteiger partial charge on any atom is -0.390 e. The Balaban J connectivity index is 2.43. The maximum atomic E-state index is 9.56. The molecule has 0 aromatic carbocycles. The molecule has 0 radical (unpaired) electrons. The van der Waals surface area contributed by atoms with E-state index in [2.05, 4.69) is 20.9 Å². The summed E-state index contributed by atoms with van der Waals surface area (Å²) in [5.41, 5.74) is 1.01. The molecule has 0 fully saturated rings. The van der Waals surface area contributed by atoms with E-state index in [4.69, 9.17) is 4.74 Å². The van der Waals surface area contributed by atoms with Gasteiger partial charge >= 0.3 is 0 Å². The molecular formula is C10H14BrNO2. The summed E-state index contributed by atoms with van der Waals surface area (Å²) < 4.78 is 6.04. The lowest BCUT2D eigenvalue weighted by Crippen LogP contribution is -2.18. The van der Waals surface area contributed by atoms with E-state index in [1.807, 2.05) is 13.0 Å². The van der Waals surface area contributed by atoms with Crippen molar-refractivity contribution in [2.75, 3.05) is 13.2 Å². The van der Waals surface area contributed by atoms with Crippen LogP contribution in [0.25, 0.3) is 0 Å². The van der Waals surface area contributed by atoms with Crippen LogP contribution in [-0.4, -0.2) is 29.4 Å². The quantitative estimate of drug-likeness (QED) is 0.877. The Hall–Kier alpha value is -0.450. The molecule has 1 atom stereocenters. The lowest BCUT2D eigenvalue weighted by molar-refractivity contribution is 0.0429. The molecule has 0 aliphatic heterocycles. The first-order chi connectivity index (χ1) is 6.72. The van der Waals surface area contributed by atoms with Gasteiger partial charge in [0.25, 0.3) is 0 Å². The summed E-state index contributed by atoms with van der Waals surface area (Å²) in [6, 6.07) is 1.95. The van der Waals surface area contributed by atoms with Crippen LogP contribution in [0.4, 0.5) is 0 Å². The van der Waals surface area contributed by atoms with Crippen molar-refractivity contribution < 1.29 is 9.84 Å². The van der Waals surface area contributed by atoms with Crippen molar-refractivity contribution in [2.45, 2.75) is 19.4 Å². The summed E-state index contributed by atoms with van der Waals surface area (Å²) >= 11 is 3.33. The number of nitrogens with zero attached hydrogens (tertiary/aromatic N) is 1. The SMILES string of the molecule is CCOCC(O)Cc1cncc(Br)c1. The minimum absolute atomic E-state index is 0.378. The zero-order valence-electron chi connectivity index (χ0n) is 8.11. The molecule has 0 saturated heterocycles. The number of aliphatic hydroxyl groups is 1. The maximum Gasteiger partial charge on any atom is 0.0814 e. The number of hydrogen-bond acceptors (Lipinski definition) is 3.